The molecule has 136 valence electrons. The molecule has 1 aromatic heterocycles. The molecule has 0 radical (unpaired) electrons. The maximum atomic E-state index is 12.2. The molecule has 1 saturated heterocycles. The summed E-state index contributed by atoms with van der Waals surface area (Å²) in [6.45, 7) is 4.94. The Morgan fingerprint density at radius 1 is 1.32 bits per heavy atom. The summed E-state index contributed by atoms with van der Waals surface area (Å²) in [6, 6.07) is 7.25. The average Bonchev–Trinajstić information content (AvgIpc) is 2.88. The summed E-state index contributed by atoms with van der Waals surface area (Å²) in [4.78, 5) is 0. The smallest absolute Gasteiger partial charge is 0.211 e. The van der Waals surface area contributed by atoms with Crippen LogP contribution in [0.3, 0.4) is 0 Å². The zero-order valence-electron chi connectivity index (χ0n) is 14.9. The van der Waals surface area contributed by atoms with Crippen LogP contribution in [0.1, 0.15) is 23.0 Å². The van der Waals surface area contributed by atoms with Gasteiger partial charge in [-0.1, -0.05) is 6.07 Å². The molecule has 25 heavy (non-hydrogen) atoms. The minimum absolute atomic E-state index is 0.332. The molecule has 0 N–H and O–H groups in total. The predicted octanol–water partition coefficient (Wildman–Crippen LogP) is 1.83. The van der Waals surface area contributed by atoms with Crippen molar-refractivity contribution in [3.8, 4) is 11.4 Å². The van der Waals surface area contributed by atoms with Crippen molar-refractivity contribution in [3.05, 3.63) is 41.2 Å². The first-order valence-corrected chi connectivity index (χ1v) is 9.93. The molecule has 7 nitrogen and oxygen atoms in total. The van der Waals surface area contributed by atoms with E-state index in [9.17, 15) is 8.42 Å². The Bertz CT molecular complexity index is 876. The van der Waals surface area contributed by atoms with Crippen LogP contribution < -0.4 is 4.74 Å². The van der Waals surface area contributed by atoms with Crippen molar-refractivity contribution >= 4 is 10.0 Å². The monoisotopic (exact) mass is 365 g/mol. The SMILES string of the molecule is COc1cccc(-n2nc(C)c([C@@H]3COCCN3S(C)(=O)=O)c2C)c1. The molecule has 1 fully saturated rings. The lowest BCUT2D eigenvalue weighted by Crippen LogP contribution is -2.43. The summed E-state index contributed by atoms with van der Waals surface area (Å²) in [5, 5.41) is 4.63. The van der Waals surface area contributed by atoms with Crippen molar-refractivity contribution in [1.82, 2.24) is 14.1 Å². The second-order valence-electron chi connectivity index (χ2n) is 6.16. The molecule has 1 atom stereocenters. The van der Waals surface area contributed by atoms with E-state index in [4.69, 9.17) is 9.47 Å². The fourth-order valence-corrected chi connectivity index (χ4v) is 4.38. The number of benzene rings is 1. The van der Waals surface area contributed by atoms with Crippen molar-refractivity contribution in [3.63, 3.8) is 0 Å². The molecule has 1 aromatic carbocycles. The number of ether oxygens (including phenoxy) is 2. The van der Waals surface area contributed by atoms with Gasteiger partial charge < -0.3 is 9.47 Å². The van der Waals surface area contributed by atoms with Crippen LogP contribution in [0.25, 0.3) is 5.69 Å². The number of aromatic nitrogens is 2. The van der Waals surface area contributed by atoms with Gasteiger partial charge in [-0.15, -0.1) is 0 Å². The lowest BCUT2D eigenvalue weighted by atomic mass is 10.0. The standard InChI is InChI=1S/C17H23N3O4S/c1-12-17(16-11-24-9-8-19(16)25(4,21)22)13(2)20(18-12)14-6-5-7-15(10-14)23-3/h5-7,10,16H,8-9,11H2,1-4H3/t16-/m0/s1. The minimum Gasteiger partial charge on any atom is -0.497 e. The van der Waals surface area contributed by atoms with E-state index in [-0.39, 0.29) is 6.04 Å². The Morgan fingerprint density at radius 2 is 2.08 bits per heavy atom. The summed E-state index contributed by atoms with van der Waals surface area (Å²) in [6.07, 6.45) is 1.24. The summed E-state index contributed by atoms with van der Waals surface area (Å²) in [5.74, 6) is 0.741. The molecular weight excluding hydrogens is 342 g/mol. The Hall–Kier alpha value is -1.90. The highest BCUT2D eigenvalue weighted by Gasteiger charge is 2.34. The lowest BCUT2D eigenvalue weighted by molar-refractivity contribution is 0.0319. The van der Waals surface area contributed by atoms with Crippen LogP contribution in [0, 0.1) is 13.8 Å². The summed E-state index contributed by atoms with van der Waals surface area (Å²) >= 11 is 0. The average molecular weight is 365 g/mol. The molecule has 0 aliphatic carbocycles. The number of methoxy groups -OCH3 is 1. The molecule has 0 bridgehead atoms. The van der Waals surface area contributed by atoms with Gasteiger partial charge >= 0.3 is 0 Å². The fourth-order valence-electron chi connectivity index (χ4n) is 3.34. The van der Waals surface area contributed by atoms with Crippen molar-refractivity contribution in [1.29, 1.82) is 0 Å². The zero-order valence-corrected chi connectivity index (χ0v) is 15.7. The molecule has 2 heterocycles. The molecule has 0 unspecified atom stereocenters. The van der Waals surface area contributed by atoms with Crippen LogP contribution in [0.4, 0.5) is 0 Å². The highest BCUT2D eigenvalue weighted by molar-refractivity contribution is 7.88. The van der Waals surface area contributed by atoms with E-state index in [1.165, 1.54) is 10.6 Å². The normalized spacial score (nSPS) is 19.1. The first-order chi connectivity index (χ1) is 11.8. The topological polar surface area (TPSA) is 73.7 Å². The third-order valence-corrected chi connectivity index (χ3v) is 5.77. The van der Waals surface area contributed by atoms with Gasteiger partial charge in [0.25, 0.3) is 0 Å². The van der Waals surface area contributed by atoms with Crippen molar-refractivity contribution in [2.24, 2.45) is 0 Å². The number of hydrogen-bond acceptors (Lipinski definition) is 5. The zero-order chi connectivity index (χ0) is 18.2. The van der Waals surface area contributed by atoms with Gasteiger partial charge in [0.15, 0.2) is 0 Å². The number of nitrogens with zero attached hydrogens (tertiary/aromatic N) is 3. The summed E-state index contributed by atoms with van der Waals surface area (Å²) < 4.78 is 38.5. The van der Waals surface area contributed by atoms with Crippen molar-refractivity contribution in [2.75, 3.05) is 33.1 Å². The maximum absolute atomic E-state index is 12.2. The number of rotatable bonds is 4. The minimum atomic E-state index is -3.33. The first-order valence-electron chi connectivity index (χ1n) is 8.08. The van der Waals surface area contributed by atoms with E-state index >= 15 is 0 Å². The van der Waals surface area contributed by atoms with Crippen molar-refractivity contribution < 1.29 is 17.9 Å². The van der Waals surface area contributed by atoms with Crippen LogP contribution in [-0.2, 0) is 14.8 Å². The van der Waals surface area contributed by atoms with E-state index in [2.05, 4.69) is 5.10 Å². The van der Waals surface area contributed by atoms with Gasteiger partial charge in [-0.25, -0.2) is 13.1 Å². The second kappa shape index (κ2) is 6.78. The molecular formula is C17H23N3O4S. The largest absolute Gasteiger partial charge is 0.497 e. The predicted molar refractivity (Wildman–Crippen MR) is 94.7 cm³/mol. The van der Waals surface area contributed by atoms with E-state index in [0.29, 0.717) is 19.8 Å². The van der Waals surface area contributed by atoms with E-state index < -0.39 is 10.0 Å². The van der Waals surface area contributed by atoms with Crippen LogP contribution in [0.2, 0.25) is 0 Å². The molecule has 1 aliphatic rings. The van der Waals surface area contributed by atoms with Crippen LogP contribution in [0.5, 0.6) is 5.75 Å². The Labute approximate surface area is 148 Å². The lowest BCUT2D eigenvalue weighted by Gasteiger charge is -2.34. The molecule has 3 rings (SSSR count). The van der Waals surface area contributed by atoms with Gasteiger partial charge in [-0.05, 0) is 26.0 Å². The van der Waals surface area contributed by atoms with E-state index in [0.717, 1.165) is 28.4 Å². The molecule has 2 aromatic rings. The summed E-state index contributed by atoms with van der Waals surface area (Å²) in [7, 11) is -1.71. The van der Waals surface area contributed by atoms with Gasteiger partial charge in [0.2, 0.25) is 10.0 Å². The highest BCUT2D eigenvalue weighted by atomic mass is 32.2. The molecule has 8 heteroatoms. The molecule has 1 aliphatic heterocycles. The third-order valence-electron chi connectivity index (χ3n) is 4.48. The number of sulfonamides is 1. The summed E-state index contributed by atoms with van der Waals surface area (Å²) in [5.41, 5.74) is 3.46. The van der Waals surface area contributed by atoms with Gasteiger partial charge in [-0.3, -0.25) is 0 Å². The quantitative estimate of drug-likeness (QED) is 0.826. The molecule has 0 spiro atoms. The third kappa shape index (κ3) is 3.42. The van der Waals surface area contributed by atoms with E-state index in [1.54, 1.807) is 7.11 Å². The first kappa shape index (κ1) is 17.9. The van der Waals surface area contributed by atoms with Gasteiger partial charge in [0.05, 0.1) is 44.0 Å². The Balaban J connectivity index is 2.07. The maximum Gasteiger partial charge on any atom is 0.211 e. The van der Waals surface area contributed by atoms with Crippen LogP contribution in [0.15, 0.2) is 24.3 Å². The number of morpholine rings is 1. The van der Waals surface area contributed by atoms with Crippen LogP contribution >= 0.6 is 0 Å². The van der Waals surface area contributed by atoms with Crippen molar-refractivity contribution in [2.45, 2.75) is 19.9 Å². The van der Waals surface area contributed by atoms with E-state index in [1.807, 2.05) is 42.8 Å². The van der Waals surface area contributed by atoms with Gasteiger partial charge in [0, 0.05) is 23.9 Å². The van der Waals surface area contributed by atoms with Crippen LogP contribution in [-0.4, -0.2) is 55.6 Å². The Morgan fingerprint density at radius 3 is 2.76 bits per heavy atom. The fraction of sp³-hybridized carbons (Fsp3) is 0.471. The van der Waals surface area contributed by atoms with Gasteiger partial charge in [-0.2, -0.15) is 9.40 Å². The number of hydrogen-bond donors (Lipinski definition) is 0. The highest BCUT2D eigenvalue weighted by Crippen LogP contribution is 2.32. The molecule has 0 saturated carbocycles. The second-order valence-corrected chi connectivity index (χ2v) is 8.10. The van der Waals surface area contributed by atoms with Gasteiger partial charge in [0.1, 0.15) is 5.75 Å². The Kier molecular flexibility index (Phi) is 4.86. The molecule has 0 amide bonds. The number of aryl methyl sites for hydroxylation is 1.